The van der Waals surface area contributed by atoms with Gasteiger partial charge in [-0.25, -0.2) is 4.98 Å². The van der Waals surface area contributed by atoms with Crippen LogP contribution in [0.2, 0.25) is 0 Å². The van der Waals surface area contributed by atoms with Gasteiger partial charge >= 0.3 is 0 Å². The Labute approximate surface area is 137 Å². The number of benzene rings is 1. The zero-order valence-corrected chi connectivity index (χ0v) is 14.3. The fraction of sp³-hybridized carbons (Fsp3) is 0.375. The van der Waals surface area contributed by atoms with Crippen LogP contribution in [0.1, 0.15) is 35.0 Å². The van der Waals surface area contributed by atoms with E-state index in [-0.39, 0.29) is 0 Å². The van der Waals surface area contributed by atoms with E-state index in [0.717, 1.165) is 35.3 Å². The van der Waals surface area contributed by atoms with Gasteiger partial charge in [0.15, 0.2) is 0 Å². The summed E-state index contributed by atoms with van der Waals surface area (Å²) in [4.78, 5) is 7.97. The standard InChI is InChI=1S/C16H17BrN2OS/c1-20-9-13-14(17)16(21)19-15(18-13)12-7-6-10-4-2-3-5-11(10)8-12/h2-5,12H,6-9H2,1H3,(H,18,19,21). The first-order chi connectivity index (χ1) is 10.2. The maximum Gasteiger partial charge on any atom is 0.144 e. The van der Waals surface area contributed by atoms with Crippen molar-refractivity contribution in [1.29, 1.82) is 0 Å². The smallest absolute Gasteiger partial charge is 0.144 e. The number of rotatable bonds is 3. The van der Waals surface area contributed by atoms with Crippen molar-refractivity contribution in [1.82, 2.24) is 9.97 Å². The third-order valence-electron chi connectivity index (χ3n) is 3.98. The molecule has 1 N–H and O–H groups in total. The maximum atomic E-state index is 5.36. The van der Waals surface area contributed by atoms with Gasteiger partial charge in [-0.2, -0.15) is 0 Å². The molecule has 1 aliphatic carbocycles. The number of halogens is 1. The Balaban J connectivity index is 1.93. The molecule has 1 aliphatic rings. The zero-order valence-electron chi connectivity index (χ0n) is 11.9. The first-order valence-electron chi connectivity index (χ1n) is 7.03. The van der Waals surface area contributed by atoms with E-state index in [4.69, 9.17) is 17.0 Å². The summed E-state index contributed by atoms with van der Waals surface area (Å²) in [6.45, 7) is 0.503. The lowest BCUT2D eigenvalue weighted by atomic mass is 9.83. The molecule has 1 unspecified atom stereocenters. The molecule has 3 rings (SSSR count). The first-order valence-corrected chi connectivity index (χ1v) is 8.23. The summed E-state index contributed by atoms with van der Waals surface area (Å²) >= 11 is 8.84. The Bertz CT molecular complexity index is 714. The van der Waals surface area contributed by atoms with Crippen molar-refractivity contribution in [2.45, 2.75) is 31.8 Å². The minimum absolute atomic E-state index is 0.394. The topological polar surface area (TPSA) is 37.9 Å². The molecule has 0 bridgehead atoms. The van der Waals surface area contributed by atoms with E-state index in [1.54, 1.807) is 7.11 Å². The largest absolute Gasteiger partial charge is 0.378 e. The zero-order chi connectivity index (χ0) is 14.8. The van der Waals surface area contributed by atoms with Crippen molar-refractivity contribution in [3.05, 3.63) is 56.0 Å². The first kappa shape index (κ1) is 14.9. The van der Waals surface area contributed by atoms with Crippen LogP contribution in [0, 0.1) is 4.64 Å². The molecule has 110 valence electrons. The van der Waals surface area contributed by atoms with Gasteiger partial charge in [0.25, 0.3) is 0 Å². The molecule has 0 saturated carbocycles. The highest BCUT2D eigenvalue weighted by Crippen LogP contribution is 2.31. The number of fused-ring (bicyclic) bond motifs is 1. The van der Waals surface area contributed by atoms with E-state index >= 15 is 0 Å². The number of aromatic nitrogens is 2. The van der Waals surface area contributed by atoms with Gasteiger partial charge in [-0.05, 0) is 46.3 Å². The molecule has 0 spiro atoms. The van der Waals surface area contributed by atoms with Crippen LogP contribution in [0.25, 0.3) is 0 Å². The van der Waals surface area contributed by atoms with Gasteiger partial charge in [-0.1, -0.05) is 36.5 Å². The molecule has 0 saturated heterocycles. The van der Waals surface area contributed by atoms with E-state index < -0.39 is 0 Å². The summed E-state index contributed by atoms with van der Waals surface area (Å²) in [6, 6.07) is 8.65. The highest BCUT2D eigenvalue weighted by Gasteiger charge is 2.22. The highest BCUT2D eigenvalue weighted by molar-refractivity contribution is 9.10. The van der Waals surface area contributed by atoms with Crippen LogP contribution in [0.3, 0.4) is 0 Å². The number of nitrogens with zero attached hydrogens (tertiary/aromatic N) is 1. The monoisotopic (exact) mass is 364 g/mol. The molecular formula is C16H17BrN2OS. The third-order valence-corrected chi connectivity index (χ3v) is 5.39. The predicted molar refractivity (Wildman–Crippen MR) is 89.0 cm³/mol. The lowest BCUT2D eigenvalue weighted by molar-refractivity contribution is 0.180. The van der Waals surface area contributed by atoms with Gasteiger partial charge < -0.3 is 9.72 Å². The van der Waals surface area contributed by atoms with E-state index in [9.17, 15) is 0 Å². The van der Waals surface area contributed by atoms with Crippen LogP contribution in [-0.2, 0) is 24.2 Å². The number of hydrogen-bond donors (Lipinski definition) is 1. The number of methoxy groups -OCH3 is 1. The molecule has 1 heterocycles. The van der Waals surface area contributed by atoms with E-state index in [1.807, 2.05) is 0 Å². The maximum absolute atomic E-state index is 5.36. The van der Waals surface area contributed by atoms with Crippen molar-refractivity contribution < 1.29 is 4.74 Å². The molecule has 2 aromatic rings. The molecule has 0 amide bonds. The molecular weight excluding hydrogens is 348 g/mol. The number of hydrogen-bond acceptors (Lipinski definition) is 3. The Kier molecular flexibility index (Phi) is 4.52. The van der Waals surface area contributed by atoms with Crippen LogP contribution in [0.4, 0.5) is 0 Å². The number of H-pyrrole nitrogens is 1. The van der Waals surface area contributed by atoms with Gasteiger partial charge in [0.2, 0.25) is 0 Å². The summed E-state index contributed by atoms with van der Waals surface area (Å²) in [5.41, 5.74) is 3.85. The third kappa shape index (κ3) is 3.10. The molecule has 0 radical (unpaired) electrons. The summed E-state index contributed by atoms with van der Waals surface area (Å²) in [5, 5.41) is 0. The highest BCUT2D eigenvalue weighted by atomic mass is 79.9. The predicted octanol–water partition coefficient (Wildman–Crippen LogP) is 4.32. The van der Waals surface area contributed by atoms with Gasteiger partial charge in [-0.15, -0.1) is 0 Å². The van der Waals surface area contributed by atoms with E-state index in [0.29, 0.717) is 17.2 Å². The Morgan fingerprint density at radius 1 is 1.38 bits per heavy atom. The van der Waals surface area contributed by atoms with Crippen LogP contribution in [0.15, 0.2) is 28.7 Å². The molecule has 21 heavy (non-hydrogen) atoms. The van der Waals surface area contributed by atoms with Crippen molar-refractivity contribution in [2.75, 3.05) is 7.11 Å². The average molecular weight is 365 g/mol. The van der Waals surface area contributed by atoms with Crippen molar-refractivity contribution in [3.8, 4) is 0 Å². The minimum atomic E-state index is 0.394. The number of nitrogens with one attached hydrogen (secondary N) is 1. The van der Waals surface area contributed by atoms with E-state index in [2.05, 4.69) is 50.2 Å². The Morgan fingerprint density at radius 3 is 2.90 bits per heavy atom. The molecule has 1 aromatic carbocycles. The normalized spacial score (nSPS) is 17.5. The second-order valence-electron chi connectivity index (χ2n) is 5.36. The SMILES string of the molecule is COCc1[nH]c(C2CCc3ccccc3C2)nc(=S)c1Br. The van der Waals surface area contributed by atoms with Crippen LogP contribution < -0.4 is 0 Å². The Hall–Kier alpha value is -1.04. The summed E-state index contributed by atoms with van der Waals surface area (Å²) < 4.78 is 6.67. The van der Waals surface area contributed by atoms with Crippen LogP contribution in [-0.4, -0.2) is 17.1 Å². The molecule has 5 heteroatoms. The molecule has 3 nitrogen and oxygen atoms in total. The summed E-state index contributed by atoms with van der Waals surface area (Å²) in [7, 11) is 1.68. The van der Waals surface area contributed by atoms with Gasteiger partial charge in [-0.3, -0.25) is 0 Å². The lowest BCUT2D eigenvalue weighted by Gasteiger charge is -2.24. The minimum Gasteiger partial charge on any atom is -0.378 e. The van der Waals surface area contributed by atoms with Crippen molar-refractivity contribution in [3.63, 3.8) is 0 Å². The van der Waals surface area contributed by atoms with Crippen molar-refractivity contribution >= 4 is 28.1 Å². The average Bonchev–Trinajstić information content (AvgIpc) is 2.51. The second-order valence-corrected chi connectivity index (χ2v) is 6.54. The van der Waals surface area contributed by atoms with Crippen LogP contribution in [0.5, 0.6) is 0 Å². The second kappa shape index (κ2) is 6.38. The quantitative estimate of drug-likeness (QED) is 0.824. The summed E-state index contributed by atoms with van der Waals surface area (Å²) in [6.07, 6.45) is 3.21. The number of aryl methyl sites for hydroxylation is 1. The van der Waals surface area contributed by atoms with Gasteiger partial charge in [0, 0.05) is 13.0 Å². The Morgan fingerprint density at radius 2 is 2.14 bits per heavy atom. The number of aromatic amines is 1. The lowest BCUT2D eigenvalue weighted by Crippen LogP contribution is -2.16. The number of ether oxygens (including phenoxy) is 1. The fourth-order valence-electron chi connectivity index (χ4n) is 2.89. The molecule has 1 aromatic heterocycles. The van der Waals surface area contributed by atoms with Crippen molar-refractivity contribution in [2.24, 2.45) is 0 Å². The van der Waals surface area contributed by atoms with E-state index in [1.165, 1.54) is 11.1 Å². The van der Waals surface area contributed by atoms with Gasteiger partial charge in [0.1, 0.15) is 10.5 Å². The molecule has 0 fully saturated rings. The fourth-order valence-corrected chi connectivity index (χ4v) is 3.42. The molecule has 0 aliphatic heterocycles. The summed E-state index contributed by atoms with van der Waals surface area (Å²) in [5.74, 6) is 1.37. The van der Waals surface area contributed by atoms with Crippen LogP contribution >= 0.6 is 28.1 Å². The van der Waals surface area contributed by atoms with Gasteiger partial charge in [0.05, 0.1) is 16.8 Å². The molecule has 1 atom stereocenters.